The highest BCUT2D eigenvalue weighted by Crippen LogP contribution is 2.45. The Morgan fingerprint density at radius 1 is 1.08 bits per heavy atom. The number of nitrogens with zero attached hydrogens (tertiary/aromatic N) is 1. The minimum atomic E-state index is -0.249. The summed E-state index contributed by atoms with van der Waals surface area (Å²) in [6, 6.07) is 4.15. The Labute approximate surface area is 149 Å². The maximum absolute atomic E-state index is 10.2. The highest BCUT2D eigenvalue weighted by atomic mass is 16.5. The molecule has 140 valence electrons. The second-order valence-electron chi connectivity index (χ2n) is 6.93. The molecule has 6 heteroatoms. The maximum Gasteiger partial charge on any atom is 0.203 e. The van der Waals surface area contributed by atoms with Crippen LogP contribution in [0.15, 0.2) is 12.1 Å². The van der Waals surface area contributed by atoms with E-state index in [-0.39, 0.29) is 17.7 Å². The van der Waals surface area contributed by atoms with Crippen LogP contribution in [0.4, 0.5) is 0 Å². The molecule has 1 aliphatic carbocycles. The van der Waals surface area contributed by atoms with E-state index in [4.69, 9.17) is 18.9 Å². The van der Waals surface area contributed by atoms with Gasteiger partial charge in [-0.25, -0.2) is 0 Å². The van der Waals surface area contributed by atoms with Gasteiger partial charge < -0.3 is 24.1 Å². The minimum Gasteiger partial charge on any atom is -0.493 e. The van der Waals surface area contributed by atoms with Crippen LogP contribution in [-0.4, -0.2) is 62.7 Å². The first kappa shape index (κ1) is 18.3. The SMILES string of the molecule is COc1ccc(CN2CC[C@]3(OC)CC[C@@H](O)C[C@H]23)c(OC)c1OC. The Kier molecular flexibility index (Phi) is 5.41. The predicted octanol–water partition coefficient (Wildman–Crippen LogP) is 2.22. The molecule has 0 aromatic heterocycles. The standard InChI is InChI=1S/C19H29NO5/c1-22-15-6-5-13(17(23-2)18(15)24-3)12-20-10-9-19(25-4)8-7-14(21)11-16(19)20/h5-6,14,16,21H,7-12H2,1-4H3/t14-,16+,19-/m1/s1. The topological polar surface area (TPSA) is 60.4 Å². The highest BCUT2D eigenvalue weighted by molar-refractivity contribution is 5.55. The molecular weight excluding hydrogens is 322 g/mol. The molecule has 1 aromatic carbocycles. The Hall–Kier alpha value is -1.50. The van der Waals surface area contributed by atoms with Crippen LogP contribution >= 0.6 is 0 Å². The Balaban J connectivity index is 1.87. The van der Waals surface area contributed by atoms with Gasteiger partial charge in [-0.15, -0.1) is 0 Å². The number of ether oxygens (including phenoxy) is 4. The molecule has 6 nitrogen and oxygen atoms in total. The zero-order valence-corrected chi connectivity index (χ0v) is 15.6. The third-order valence-corrected chi connectivity index (χ3v) is 5.83. The first-order valence-electron chi connectivity index (χ1n) is 8.83. The summed E-state index contributed by atoms with van der Waals surface area (Å²) in [5.74, 6) is 1.97. The summed E-state index contributed by atoms with van der Waals surface area (Å²) < 4.78 is 22.4. The van der Waals surface area contributed by atoms with Crippen molar-refractivity contribution in [3.8, 4) is 17.2 Å². The van der Waals surface area contributed by atoms with E-state index in [2.05, 4.69) is 4.90 Å². The van der Waals surface area contributed by atoms with Crippen LogP contribution in [0, 0.1) is 0 Å². The van der Waals surface area contributed by atoms with E-state index < -0.39 is 0 Å². The number of hydrogen-bond donors (Lipinski definition) is 1. The second-order valence-corrected chi connectivity index (χ2v) is 6.93. The predicted molar refractivity (Wildman–Crippen MR) is 94.5 cm³/mol. The fourth-order valence-electron chi connectivity index (χ4n) is 4.47. The monoisotopic (exact) mass is 351 g/mol. The van der Waals surface area contributed by atoms with Crippen molar-refractivity contribution in [3.05, 3.63) is 17.7 Å². The van der Waals surface area contributed by atoms with Gasteiger partial charge in [-0.2, -0.15) is 0 Å². The van der Waals surface area contributed by atoms with Gasteiger partial charge in [0.2, 0.25) is 5.75 Å². The van der Waals surface area contributed by atoms with Crippen LogP contribution in [0.2, 0.25) is 0 Å². The Morgan fingerprint density at radius 2 is 1.84 bits per heavy atom. The normalized spacial score (nSPS) is 29.3. The van der Waals surface area contributed by atoms with Gasteiger partial charge in [-0.05, 0) is 31.7 Å². The van der Waals surface area contributed by atoms with Crippen LogP contribution in [0.25, 0.3) is 0 Å². The Bertz CT molecular complexity index is 608. The number of fused-ring (bicyclic) bond motifs is 1. The van der Waals surface area contributed by atoms with E-state index in [0.29, 0.717) is 17.2 Å². The molecule has 1 saturated carbocycles. The molecule has 2 fully saturated rings. The molecule has 25 heavy (non-hydrogen) atoms. The van der Waals surface area contributed by atoms with Crippen LogP contribution < -0.4 is 14.2 Å². The van der Waals surface area contributed by atoms with Gasteiger partial charge in [-0.1, -0.05) is 6.07 Å². The molecule has 0 amide bonds. The lowest BCUT2D eigenvalue weighted by atomic mass is 9.79. The zero-order valence-electron chi connectivity index (χ0n) is 15.6. The molecule has 0 bridgehead atoms. The molecule has 1 aliphatic heterocycles. The number of benzene rings is 1. The fraction of sp³-hybridized carbons (Fsp3) is 0.684. The number of aliphatic hydroxyl groups excluding tert-OH is 1. The summed E-state index contributed by atoms with van der Waals surface area (Å²) in [5, 5.41) is 10.2. The van der Waals surface area contributed by atoms with Crippen molar-refractivity contribution in [2.45, 2.75) is 50.0 Å². The summed E-state index contributed by atoms with van der Waals surface area (Å²) in [7, 11) is 6.68. The average Bonchev–Trinajstić information content (AvgIpc) is 2.99. The molecule has 0 spiro atoms. The van der Waals surface area contributed by atoms with E-state index in [9.17, 15) is 5.11 Å². The highest BCUT2D eigenvalue weighted by Gasteiger charge is 2.50. The number of likely N-dealkylation sites (tertiary alicyclic amines) is 1. The molecular formula is C19H29NO5. The van der Waals surface area contributed by atoms with Crippen molar-refractivity contribution >= 4 is 0 Å². The number of hydrogen-bond acceptors (Lipinski definition) is 6. The first-order chi connectivity index (χ1) is 12.1. The van der Waals surface area contributed by atoms with Gasteiger partial charge in [-0.3, -0.25) is 4.90 Å². The number of aliphatic hydroxyl groups is 1. The lowest BCUT2D eigenvalue weighted by molar-refractivity contribution is -0.0880. The fourth-order valence-corrected chi connectivity index (χ4v) is 4.47. The Morgan fingerprint density at radius 3 is 2.48 bits per heavy atom. The summed E-state index contributed by atoms with van der Waals surface area (Å²) in [5.41, 5.74) is 0.912. The van der Waals surface area contributed by atoms with Crippen molar-refractivity contribution in [2.24, 2.45) is 0 Å². The molecule has 1 saturated heterocycles. The smallest absolute Gasteiger partial charge is 0.203 e. The van der Waals surface area contributed by atoms with Crippen LogP contribution in [0.1, 0.15) is 31.2 Å². The largest absolute Gasteiger partial charge is 0.493 e. The van der Waals surface area contributed by atoms with Crippen LogP contribution in [-0.2, 0) is 11.3 Å². The quantitative estimate of drug-likeness (QED) is 0.848. The minimum absolute atomic E-state index is 0.136. The van der Waals surface area contributed by atoms with Crippen molar-refractivity contribution in [3.63, 3.8) is 0 Å². The number of methoxy groups -OCH3 is 4. The van der Waals surface area contributed by atoms with Gasteiger partial charge in [0.25, 0.3) is 0 Å². The van der Waals surface area contributed by atoms with E-state index in [0.717, 1.165) is 44.3 Å². The van der Waals surface area contributed by atoms with Crippen LogP contribution in [0.5, 0.6) is 17.2 Å². The van der Waals surface area contributed by atoms with Gasteiger partial charge in [0.1, 0.15) is 0 Å². The third kappa shape index (κ3) is 3.18. The summed E-state index contributed by atoms with van der Waals surface area (Å²) in [6.45, 7) is 1.68. The lowest BCUT2D eigenvalue weighted by Gasteiger charge is -2.42. The molecule has 1 aromatic rings. The molecule has 3 atom stereocenters. The first-order valence-corrected chi connectivity index (χ1v) is 8.83. The van der Waals surface area contributed by atoms with Crippen LogP contribution in [0.3, 0.4) is 0 Å². The average molecular weight is 351 g/mol. The van der Waals surface area contributed by atoms with Crippen molar-refractivity contribution in [1.82, 2.24) is 4.90 Å². The number of rotatable bonds is 6. The second kappa shape index (κ2) is 7.40. The van der Waals surface area contributed by atoms with Gasteiger partial charge in [0.15, 0.2) is 11.5 Å². The van der Waals surface area contributed by atoms with Crippen molar-refractivity contribution in [1.29, 1.82) is 0 Å². The summed E-state index contributed by atoms with van der Waals surface area (Å²) in [6.07, 6.45) is 3.23. The summed E-state index contributed by atoms with van der Waals surface area (Å²) >= 11 is 0. The molecule has 3 rings (SSSR count). The van der Waals surface area contributed by atoms with Gasteiger partial charge in [0, 0.05) is 31.8 Å². The van der Waals surface area contributed by atoms with E-state index in [1.165, 1.54) is 0 Å². The van der Waals surface area contributed by atoms with Crippen molar-refractivity contribution in [2.75, 3.05) is 35.0 Å². The van der Waals surface area contributed by atoms with Crippen molar-refractivity contribution < 1.29 is 24.1 Å². The van der Waals surface area contributed by atoms with E-state index >= 15 is 0 Å². The third-order valence-electron chi connectivity index (χ3n) is 5.83. The maximum atomic E-state index is 10.2. The van der Waals surface area contributed by atoms with Gasteiger partial charge >= 0.3 is 0 Å². The van der Waals surface area contributed by atoms with E-state index in [1.54, 1.807) is 28.4 Å². The van der Waals surface area contributed by atoms with Gasteiger partial charge in [0.05, 0.1) is 33.0 Å². The van der Waals surface area contributed by atoms with E-state index in [1.807, 2.05) is 12.1 Å². The molecule has 2 aliphatic rings. The molecule has 1 heterocycles. The lowest BCUT2D eigenvalue weighted by Crippen LogP contribution is -2.51. The molecule has 0 unspecified atom stereocenters. The molecule has 1 N–H and O–H groups in total. The zero-order chi connectivity index (χ0) is 18.0. The molecule has 0 radical (unpaired) electrons. The summed E-state index contributed by atoms with van der Waals surface area (Å²) in [4.78, 5) is 2.40.